The Morgan fingerprint density at radius 3 is 2.56 bits per heavy atom. The minimum atomic E-state index is -0.518. The molecule has 1 atom stereocenters. The molecule has 18 heavy (non-hydrogen) atoms. The average molecular weight is 263 g/mol. The molecule has 0 spiro atoms. The number of carbonyl (C=O) groups is 1. The minimum Gasteiger partial charge on any atom is -0.453 e. The molecule has 0 fully saturated rings. The van der Waals surface area contributed by atoms with Gasteiger partial charge >= 0.3 is 5.97 Å². The van der Waals surface area contributed by atoms with Gasteiger partial charge in [-0.15, -0.1) is 0 Å². The lowest BCUT2D eigenvalue weighted by Gasteiger charge is -2.12. The Kier molecular flexibility index (Phi) is 3.89. The predicted octanol–water partition coefficient (Wildman–Crippen LogP) is 3.05. The summed E-state index contributed by atoms with van der Waals surface area (Å²) >= 11 is 5.59. The topological polar surface area (TPSA) is 52.1 Å². The van der Waals surface area contributed by atoms with Crippen LogP contribution in [0, 0.1) is 0 Å². The van der Waals surface area contributed by atoms with Crippen molar-refractivity contribution in [3.8, 4) is 0 Å². The third-order valence-electron chi connectivity index (χ3n) is 2.38. The van der Waals surface area contributed by atoms with E-state index in [9.17, 15) is 4.79 Å². The molecule has 2 aromatic rings. The summed E-state index contributed by atoms with van der Waals surface area (Å²) in [5.74, 6) is -0.518. The van der Waals surface area contributed by atoms with Crippen LogP contribution in [0.5, 0.6) is 0 Å². The van der Waals surface area contributed by atoms with E-state index in [0.29, 0.717) is 0 Å². The fourth-order valence-corrected chi connectivity index (χ4v) is 1.53. The van der Waals surface area contributed by atoms with E-state index in [4.69, 9.17) is 16.3 Å². The first-order valence-corrected chi connectivity index (χ1v) is 5.78. The number of halogens is 1. The fourth-order valence-electron chi connectivity index (χ4n) is 1.43. The Morgan fingerprint density at radius 1 is 1.22 bits per heavy atom. The highest BCUT2D eigenvalue weighted by atomic mass is 35.5. The largest absolute Gasteiger partial charge is 0.453 e. The molecule has 1 aromatic carbocycles. The number of hydrogen-bond donors (Lipinski definition) is 0. The molecular weight excluding hydrogens is 252 g/mol. The van der Waals surface area contributed by atoms with Crippen LogP contribution in [0.4, 0.5) is 0 Å². The van der Waals surface area contributed by atoms with Gasteiger partial charge in [0, 0.05) is 0 Å². The number of carbonyl (C=O) groups excluding carboxylic acids is 1. The number of aromatic nitrogens is 2. The van der Waals surface area contributed by atoms with Crippen LogP contribution in [0.2, 0.25) is 5.15 Å². The van der Waals surface area contributed by atoms with Crippen molar-refractivity contribution in [2.75, 3.05) is 0 Å². The average Bonchev–Trinajstić information content (AvgIpc) is 2.40. The highest BCUT2D eigenvalue weighted by molar-refractivity contribution is 6.29. The van der Waals surface area contributed by atoms with E-state index in [1.807, 2.05) is 30.3 Å². The molecule has 0 bridgehead atoms. The maximum atomic E-state index is 11.8. The Labute approximate surface area is 110 Å². The Balaban J connectivity index is 2.06. The SMILES string of the molecule is CC(OC(=O)c1cnc(Cl)cn1)c1ccccc1. The highest BCUT2D eigenvalue weighted by Gasteiger charge is 2.14. The maximum absolute atomic E-state index is 11.8. The molecule has 0 saturated carbocycles. The lowest BCUT2D eigenvalue weighted by Crippen LogP contribution is -2.11. The Hall–Kier alpha value is -1.94. The van der Waals surface area contributed by atoms with Crippen LogP contribution < -0.4 is 0 Å². The van der Waals surface area contributed by atoms with Gasteiger partial charge in [-0.25, -0.2) is 14.8 Å². The first kappa shape index (κ1) is 12.5. The van der Waals surface area contributed by atoms with Crippen molar-refractivity contribution in [3.63, 3.8) is 0 Å². The van der Waals surface area contributed by atoms with Crippen molar-refractivity contribution in [1.82, 2.24) is 9.97 Å². The summed E-state index contributed by atoms with van der Waals surface area (Å²) < 4.78 is 5.28. The summed E-state index contributed by atoms with van der Waals surface area (Å²) in [5.41, 5.74) is 1.06. The maximum Gasteiger partial charge on any atom is 0.359 e. The van der Waals surface area contributed by atoms with E-state index in [2.05, 4.69) is 9.97 Å². The fraction of sp³-hybridized carbons (Fsp3) is 0.154. The van der Waals surface area contributed by atoms with Crippen LogP contribution in [0.15, 0.2) is 42.7 Å². The van der Waals surface area contributed by atoms with E-state index in [-0.39, 0.29) is 17.0 Å². The monoisotopic (exact) mass is 262 g/mol. The number of hydrogen-bond acceptors (Lipinski definition) is 4. The summed E-state index contributed by atoms with van der Waals surface area (Å²) in [5, 5.41) is 0.239. The Morgan fingerprint density at radius 2 is 1.94 bits per heavy atom. The lowest BCUT2D eigenvalue weighted by atomic mass is 10.1. The number of nitrogens with zero attached hydrogens (tertiary/aromatic N) is 2. The van der Waals surface area contributed by atoms with E-state index in [0.717, 1.165) is 5.56 Å². The third-order valence-corrected chi connectivity index (χ3v) is 2.58. The normalized spacial score (nSPS) is 11.9. The van der Waals surface area contributed by atoms with E-state index >= 15 is 0 Å². The molecule has 4 nitrogen and oxygen atoms in total. The molecule has 0 aliphatic heterocycles. The zero-order chi connectivity index (χ0) is 13.0. The van der Waals surface area contributed by atoms with E-state index in [1.54, 1.807) is 6.92 Å². The van der Waals surface area contributed by atoms with Gasteiger partial charge in [-0.3, -0.25) is 0 Å². The first-order valence-electron chi connectivity index (χ1n) is 5.40. The van der Waals surface area contributed by atoms with Gasteiger partial charge < -0.3 is 4.74 Å². The molecule has 0 radical (unpaired) electrons. The second-order valence-electron chi connectivity index (χ2n) is 3.68. The summed E-state index contributed by atoms with van der Waals surface area (Å²) in [6, 6.07) is 9.48. The number of ether oxygens (including phenoxy) is 1. The van der Waals surface area contributed by atoms with Gasteiger partial charge in [0.1, 0.15) is 11.3 Å². The van der Waals surface area contributed by atoms with Crippen LogP contribution >= 0.6 is 11.6 Å². The van der Waals surface area contributed by atoms with Crippen molar-refractivity contribution in [1.29, 1.82) is 0 Å². The van der Waals surface area contributed by atoms with Gasteiger partial charge in [0.05, 0.1) is 12.4 Å². The van der Waals surface area contributed by atoms with Crippen LogP contribution in [-0.2, 0) is 4.74 Å². The van der Waals surface area contributed by atoms with Crippen LogP contribution in [0.3, 0.4) is 0 Å². The van der Waals surface area contributed by atoms with Crippen LogP contribution in [0.25, 0.3) is 0 Å². The summed E-state index contributed by atoms with van der Waals surface area (Å²) in [7, 11) is 0. The van der Waals surface area contributed by atoms with Crippen LogP contribution in [-0.4, -0.2) is 15.9 Å². The van der Waals surface area contributed by atoms with Gasteiger partial charge in [0.2, 0.25) is 0 Å². The zero-order valence-electron chi connectivity index (χ0n) is 9.71. The highest BCUT2D eigenvalue weighted by Crippen LogP contribution is 2.17. The summed E-state index contributed by atoms with van der Waals surface area (Å²) in [4.78, 5) is 19.4. The smallest absolute Gasteiger partial charge is 0.359 e. The summed E-state index contributed by atoms with van der Waals surface area (Å²) in [6.45, 7) is 1.80. The van der Waals surface area contributed by atoms with Gasteiger partial charge in [-0.2, -0.15) is 0 Å². The molecule has 0 aliphatic carbocycles. The summed E-state index contributed by atoms with van der Waals surface area (Å²) in [6.07, 6.45) is 2.27. The third kappa shape index (κ3) is 3.05. The first-order chi connectivity index (χ1) is 8.66. The molecule has 0 N–H and O–H groups in total. The molecule has 0 amide bonds. The molecule has 1 unspecified atom stereocenters. The molecule has 2 rings (SSSR count). The van der Waals surface area contributed by atoms with Gasteiger partial charge in [-0.1, -0.05) is 41.9 Å². The minimum absolute atomic E-state index is 0.141. The molecular formula is C13H11ClN2O2. The van der Waals surface area contributed by atoms with Crippen molar-refractivity contribution in [3.05, 3.63) is 59.1 Å². The van der Waals surface area contributed by atoms with Crippen molar-refractivity contribution >= 4 is 17.6 Å². The standard InChI is InChI=1S/C13H11ClN2O2/c1-9(10-5-3-2-4-6-10)18-13(17)11-7-16-12(14)8-15-11/h2-9H,1H3. The molecule has 92 valence electrons. The van der Waals surface area contributed by atoms with Gasteiger partial charge in [0.15, 0.2) is 5.69 Å². The molecule has 5 heteroatoms. The van der Waals surface area contributed by atoms with Gasteiger partial charge in [0.25, 0.3) is 0 Å². The zero-order valence-corrected chi connectivity index (χ0v) is 10.5. The van der Waals surface area contributed by atoms with E-state index in [1.165, 1.54) is 12.4 Å². The Bertz CT molecular complexity index is 528. The molecule has 1 heterocycles. The predicted molar refractivity (Wildman–Crippen MR) is 67.3 cm³/mol. The van der Waals surface area contributed by atoms with Gasteiger partial charge in [-0.05, 0) is 12.5 Å². The van der Waals surface area contributed by atoms with Crippen LogP contribution in [0.1, 0.15) is 29.1 Å². The second-order valence-corrected chi connectivity index (χ2v) is 4.07. The van der Waals surface area contributed by atoms with Crippen molar-refractivity contribution in [2.45, 2.75) is 13.0 Å². The lowest BCUT2D eigenvalue weighted by molar-refractivity contribution is 0.0330. The number of esters is 1. The number of rotatable bonds is 3. The molecule has 0 saturated heterocycles. The second kappa shape index (κ2) is 5.60. The molecule has 0 aliphatic rings. The van der Waals surface area contributed by atoms with E-state index < -0.39 is 5.97 Å². The number of benzene rings is 1. The van der Waals surface area contributed by atoms with Crippen molar-refractivity contribution in [2.24, 2.45) is 0 Å². The van der Waals surface area contributed by atoms with Crippen molar-refractivity contribution < 1.29 is 9.53 Å². The quantitative estimate of drug-likeness (QED) is 0.798. The molecule has 1 aromatic heterocycles.